The topological polar surface area (TPSA) is 51.0 Å². The Morgan fingerprint density at radius 1 is 1.27 bits per heavy atom. The van der Waals surface area contributed by atoms with E-state index in [-0.39, 0.29) is 11.9 Å². The molecule has 0 fully saturated rings. The van der Waals surface area contributed by atoms with E-state index in [9.17, 15) is 4.79 Å². The van der Waals surface area contributed by atoms with E-state index in [0.29, 0.717) is 18.2 Å². The molecule has 1 atom stereocenters. The maximum absolute atomic E-state index is 12.8. The number of rotatable bonds is 5. The van der Waals surface area contributed by atoms with Crippen molar-refractivity contribution >= 4 is 5.91 Å². The van der Waals surface area contributed by atoms with Crippen LogP contribution in [0, 0.1) is 0 Å². The van der Waals surface area contributed by atoms with Gasteiger partial charge in [0.15, 0.2) is 0 Å². The van der Waals surface area contributed by atoms with Gasteiger partial charge in [0.1, 0.15) is 5.69 Å². The predicted molar refractivity (Wildman–Crippen MR) is 86.7 cm³/mol. The monoisotopic (exact) mass is 300 g/mol. The summed E-state index contributed by atoms with van der Waals surface area (Å²) in [6.07, 6.45) is 3.49. The van der Waals surface area contributed by atoms with Gasteiger partial charge >= 0.3 is 0 Å². The van der Waals surface area contributed by atoms with E-state index in [1.807, 2.05) is 39.1 Å². The lowest BCUT2D eigenvalue weighted by atomic mass is 10.1. The number of aromatic nitrogens is 3. The van der Waals surface area contributed by atoms with Crippen molar-refractivity contribution in [1.29, 1.82) is 0 Å². The molecule has 2 heterocycles. The van der Waals surface area contributed by atoms with Gasteiger partial charge in [0.05, 0.1) is 11.7 Å². The van der Waals surface area contributed by atoms with Crippen LogP contribution in [0.3, 0.4) is 0 Å². The van der Waals surface area contributed by atoms with E-state index in [1.165, 1.54) is 0 Å². The maximum atomic E-state index is 12.8. The molecule has 0 aliphatic carbocycles. The molecule has 118 valence electrons. The van der Waals surface area contributed by atoms with Gasteiger partial charge in [-0.1, -0.05) is 13.8 Å². The van der Waals surface area contributed by atoms with E-state index in [1.54, 1.807) is 22.0 Å². The van der Waals surface area contributed by atoms with E-state index >= 15 is 0 Å². The lowest BCUT2D eigenvalue weighted by molar-refractivity contribution is 0.0730. The molecule has 0 aromatic carbocycles. The van der Waals surface area contributed by atoms with E-state index in [4.69, 9.17) is 0 Å². The summed E-state index contributed by atoms with van der Waals surface area (Å²) in [7, 11) is 1.83. The number of hydrogen-bond acceptors (Lipinski definition) is 3. The number of amides is 1. The summed E-state index contributed by atoms with van der Waals surface area (Å²) in [5.41, 5.74) is 2.67. The van der Waals surface area contributed by atoms with Crippen LogP contribution in [0.5, 0.6) is 0 Å². The third kappa shape index (κ3) is 3.18. The second-order valence-corrected chi connectivity index (χ2v) is 5.80. The quantitative estimate of drug-likeness (QED) is 0.851. The first-order chi connectivity index (χ1) is 10.5. The zero-order valence-electron chi connectivity index (χ0n) is 13.9. The Bertz CT molecular complexity index is 633. The molecule has 5 heteroatoms. The van der Waals surface area contributed by atoms with Crippen LogP contribution >= 0.6 is 0 Å². The standard InChI is InChI=1S/C17H24N4O/c1-6-21-16(11-15(19-21)12(2)3)17(22)20(5)13(4)14-7-9-18-10-8-14/h7-13H,6H2,1-5H3. The van der Waals surface area contributed by atoms with Crippen LogP contribution in [0.15, 0.2) is 30.6 Å². The summed E-state index contributed by atoms with van der Waals surface area (Å²) in [5.74, 6) is 0.299. The second-order valence-electron chi connectivity index (χ2n) is 5.80. The fourth-order valence-electron chi connectivity index (χ4n) is 2.35. The first kappa shape index (κ1) is 16.2. The smallest absolute Gasteiger partial charge is 0.272 e. The molecule has 22 heavy (non-hydrogen) atoms. The Balaban J connectivity index is 2.27. The summed E-state index contributed by atoms with van der Waals surface area (Å²) in [6.45, 7) is 8.87. The first-order valence-corrected chi connectivity index (χ1v) is 7.70. The largest absolute Gasteiger partial charge is 0.334 e. The number of carbonyl (C=O) groups excluding carboxylic acids is 1. The van der Waals surface area contributed by atoms with Crippen LogP contribution < -0.4 is 0 Å². The molecule has 5 nitrogen and oxygen atoms in total. The minimum atomic E-state index is -0.0155. The van der Waals surface area contributed by atoms with Crippen molar-refractivity contribution in [2.45, 2.75) is 46.2 Å². The van der Waals surface area contributed by atoms with Gasteiger partial charge in [0, 0.05) is 26.0 Å². The van der Waals surface area contributed by atoms with Crippen LogP contribution in [0.25, 0.3) is 0 Å². The van der Waals surface area contributed by atoms with E-state index < -0.39 is 0 Å². The molecule has 0 radical (unpaired) electrons. The summed E-state index contributed by atoms with van der Waals surface area (Å²) >= 11 is 0. The van der Waals surface area contributed by atoms with Crippen LogP contribution in [0.4, 0.5) is 0 Å². The number of pyridine rings is 1. The van der Waals surface area contributed by atoms with Crippen LogP contribution in [-0.2, 0) is 6.54 Å². The van der Waals surface area contributed by atoms with E-state index in [2.05, 4.69) is 23.9 Å². The minimum absolute atomic E-state index is 0.00874. The number of hydrogen-bond donors (Lipinski definition) is 0. The fraction of sp³-hybridized carbons (Fsp3) is 0.471. The molecule has 2 rings (SSSR count). The van der Waals surface area contributed by atoms with Gasteiger partial charge in [-0.2, -0.15) is 5.10 Å². The Morgan fingerprint density at radius 3 is 2.45 bits per heavy atom. The number of aryl methyl sites for hydroxylation is 1. The zero-order chi connectivity index (χ0) is 16.3. The van der Waals surface area contributed by atoms with Crippen molar-refractivity contribution in [1.82, 2.24) is 19.7 Å². The van der Waals surface area contributed by atoms with Crippen LogP contribution in [-0.4, -0.2) is 32.6 Å². The lowest BCUT2D eigenvalue weighted by Gasteiger charge is -2.25. The van der Waals surface area contributed by atoms with Gasteiger partial charge in [0.2, 0.25) is 0 Å². The van der Waals surface area contributed by atoms with Gasteiger partial charge < -0.3 is 4.90 Å². The Morgan fingerprint density at radius 2 is 1.91 bits per heavy atom. The average Bonchev–Trinajstić information content (AvgIpc) is 2.98. The van der Waals surface area contributed by atoms with Crippen LogP contribution in [0.1, 0.15) is 61.4 Å². The Labute approximate surface area is 132 Å². The summed E-state index contributed by atoms with van der Waals surface area (Å²) in [5, 5.41) is 4.52. The molecule has 0 spiro atoms. The summed E-state index contributed by atoms with van der Waals surface area (Å²) in [6, 6.07) is 5.76. The molecule has 1 amide bonds. The first-order valence-electron chi connectivity index (χ1n) is 7.70. The fourth-order valence-corrected chi connectivity index (χ4v) is 2.35. The van der Waals surface area contributed by atoms with Gasteiger partial charge in [-0.05, 0) is 43.5 Å². The highest BCUT2D eigenvalue weighted by Gasteiger charge is 2.23. The Kier molecular flexibility index (Phi) is 4.96. The highest BCUT2D eigenvalue weighted by molar-refractivity contribution is 5.92. The molecular weight excluding hydrogens is 276 g/mol. The zero-order valence-corrected chi connectivity index (χ0v) is 13.9. The van der Waals surface area contributed by atoms with Gasteiger partial charge in [-0.15, -0.1) is 0 Å². The van der Waals surface area contributed by atoms with E-state index in [0.717, 1.165) is 11.3 Å². The molecule has 0 aliphatic heterocycles. The third-order valence-electron chi connectivity index (χ3n) is 4.00. The summed E-state index contributed by atoms with van der Waals surface area (Å²) in [4.78, 5) is 18.6. The van der Waals surface area contributed by atoms with Crippen LogP contribution in [0.2, 0.25) is 0 Å². The van der Waals surface area contributed by atoms with Crippen molar-refractivity contribution < 1.29 is 4.79 Å². The van der Waals surface area contributed by atoms with Crippen molar-refractivity contribution in [3.63, 3.8) is 0 Å². The number of carbonyl (C=O) groups is 1. The molecule has 2 aromatic rings. The average molecular weight is 300 g/mol. The molecule has 1 unspecified atom stereocenters. The molecule has 0 aliphatic rings. The molecular formula is C17H24N4O. The lowest BCUT2D eigenvalue weighted by Crippen LogP contribution is -2.31. The second kappa shape index (κ2) is 6.73. The SMILES string of the molecule is CCn1nc(C(C)C)cc1C(=O)N(C)C(C)c1ccncc1. The van der Waals surface area contributed by atoms with Crippen molar-refractivity contribution in [2.75, 3.05) is 7.05 Å². The Hall–Kier alpha value is -2.17. The maximum Gasteiger partial charge on any atom is 0.272 e. The van der Waals surface area contributed by atoms with Crippen molar-refractivity contribution in [3.8, 4) is 0 Å². The number of nitrogens with zero attached hydrogens (tertiary/aromatic N) is 4. The summed E-state index contributed by atoms with van der Waals surface area (Å²) < 4.78 is 1.79. The molecule has 0 saturated carbocycles. The predicted octanol–water partition coefficient (Wildman–Crippen LogP) is 3.25. The van der Waals surface area contributed by atoms with Crippen molar-refractivity contribution in [3.05, 3.63) is 47.5 Å². The molecule has 0 bridgehead atoms. The van der Waals surface area contributed by atoms with Gasteiger partial charge in [-0.3, -0.25) is 14.5 Å². The normalized spacial score (nSPS) is 12.5. The molecule has 0 saturated heterocycles. The van der Waals surface area contributed by atoms with Gasteiger partial charge in [0.25, 0.3) is 5.91 Å². The minimum Gasteiger partial charge on any atom is -0.334 e. The molecule has 2 aromatic heterocycles. The highest BCUT2D eigenvalue weighted by Crippen LogP contribution is 2.22. The highest BCUT2D eigenvalue weighted by atomic mass is 16.2. The van der Waals surface area contributed by atoms with Crippen molar-refractivity contribution in [2.24, 2.45) is 0 Å². The van der Waals surface area contributed by atoms with Gasteiger partial charge in [-0.25, -0.2) is 0 Å². The third-order valence-corrected chi connectivity index (χ3v) is 4.00. The molecule has 0 N–H and O–H groups in total.